The third kappa shape index (κ3) is 3.58. The fraction of sp³-hybridized carbons (Fsp3) is 0.294. The summed E-state index contributed by atoms with van der Waals surface area (Å²) in [5.74, 6) is 0.889. The second-order valence-corrected chi connectivity index (χ2v) is 4.74. The minimum absolute atomic E-state index is 0.00139. The number of hydrogen-bond donors (Lipinski definition) is 1. The molecular formula is C17H21NO. The molecule has 1 unspecified atom stereocenters. The monoisotopic (exact) mass is 255 g/mol. The number of ether oxygens (including phenoxy) is 1. The largest absolute Gasteiger partial charge is 0.494 e. The smallest absolute Gasteiger partial charge is 0.119 e. The molecule has 100 valence electrons. The first-order valence-corrected chi connectivity index (χ1v) is 6.73. The lowest BCUT2D eigenvalue weighted by atomic mass is 9.97. The Labute approximate surface area is 115 Å². The van der Waals surface area contributed by atoms with E-state index in [2.05, 4.69) is 37.3 Å². The van der Waals surface area contributed by atoms with Crippen LogP contribution < -0.4 is 10.5 Å². The van der Waals surface area contributed by atoms with Gasteiger partial charge in [-0.3, -0.25) is 0 Å². The van der Waals surface area contributed by atoms with Crippen LogP contribution in [0, 0.1) is 6.92 Å². The van der Waals surface area contributed by atoms with Gasteiger partial charge in [0.25, 0.3) is 0 Å². The summed E-state index contributed by atoms with van der Waals surface area (Å²) in [6.07, 6.45) is 0.849. The molecule has 0 aliphatic rings. The number of aryl methyl sites for hydroxylation is 1. The third-order valence-electron chi connectivity index (χ3n) is 3.30. The highest BCUT2D eigenvalue weighted by molar-refractivity contribution is 5.33. The lowest BCUT2D eigenvalue weighted by Crippen LogP contribution is -2.14. The van der Waals surface area contributed by atoms with Gasteiger partial charge in [0.1, 0.15) is 5.75 Å². The molecule has 1 atom stereocenters. The van der Waals surface area contributed by atoms with E-state index in [9.17, 15) is 0 Å². The van der Waals surface area contributed by atoms with E-state index in [0.717, 1.165) is 17.7 Å². The standard InChI is InChI=1S/C17H21NO/c1-3-19-16-10-6-9-15(11-16)17(18)12-14-8-5-4-7-13(14)2/h4-11,17H,3,12,18H2,1-2H3. The van der Waals surface area contributed by atoms with Crippen LogP contribution in [0.15, 0.2) is 48.5 Å². The van der Waals surface area contributed by atoms with Crippen molar-refractivity contribution in [3.05, 3.63) is 65.2 Å². The molecule has 0 spiro atoms. The van der Waals surface area contributed by atoms with E-state index in [1.165, 1.54) is 11.1 Å². The predicted molar refractivity (Wildman–Crippen MR) is 79.4 cm³/mol. The molecule has 19 heavy (non-hydrogen) atoms. The van der Waals surface area contributed by atoms with Gasteiger partial charge in [0, 0.05) is 6.04 Å². The molecule has 2 heteroatoms. The lowest BCUT2D eigenvalue weighted by Gasteiger charge is -2.15. The molecule has 0 radical (unpaired) electrons. The Morgan fingerprint density at radius 1 is 1.11 bits per heavy atom. The highest BCUT2D eigenvalue weighted by atomic mass is 16.5. The molecule has 0 amide bonds. The van der Waals surface area contributed by atoms with Gasteiger partial charge in [-0.05, 0) is 49.1 Å². The lowest BCUT2D eigenvalue weighted by molar-refractivity contribution is 0.339. The maximum absolute atomic E-state index is 6.31. The van der Waals surface area contributed by atoms with Crippen LogP contribution in [0.2, 0.25) is 0 Å². The van der Waals surface area contributed by atoms with E-state index in [1.807, 2.05) is 25.1 Å². The van der Waals surface area contributed by atoms with Crippen LogP contribution in [0.5, 0.6) is 5.75 Å². The zero-order chi connectivity index (χ0) is 13.7. The molecule has 2 aromatic carbocycles. The Hall–Kier alpha value is -1.80. The molecular weight excluding hydrogens is 234 g/mol. The van der Waals surface area contributed by atoms with Crippen molar-refractivity contribution in [3.63, 3.8) is 0 Å². The maximum atomic E-state index is 6.31. The van der Waals surface area contributed by atoms with E-state index in [0.29, 0.717) is 6.61 Å². The zero-order valence-corrected chi connectivity index (χ0v) is 11.6. The summed E-state index contributed by atoms with van der Waals surface area (Å²) >= 11 is 0. The zero-order valence-electron chi connectivity index (χ0n) is 11.6. The first-order chi connectivity index (χ1) is 9.20. The number of nitrogens with two attached hydrogens (primary N) is 1. The molecule has 2 rings (SSSR count). The summed E-state index contributed by atoms with van der Waals surface area (Å²) < 4.78 is 5.52. The summed E-state index contributed by atoms with van der Waals surface area (Å²) in [5.41, 5.74) is 10.0. The molecule has 0 bridgehead atoms. The van der Waals surface area contributed by atoms with Gasteiger partial charge in [-0.2, -0.15) is 0 Å². The van der Waals surface area contributed by atoms with E-state index in [4.69, 9.17) is 10.5 Å². The van der Waals surface area contributed by atoms with Gasteiger partial charge in [0.15, 0.2) is 0 Å². The Balaban J connectivity index is 2.13. The SMILES string of the molecule is CCOc1cccc(C(N)Cc2ccccc2C)c1. The van der Waals surface area contributed by atoms with Gasteiger partial charge in [0.05, 0.1) is 6.61 Å². The van der Waals surface area contributed by atoms with Gasteiger partial charge in [0.2, 0.25) is 0 Å². The van der Waals surface area contributed by atoms with E-state index >= 15 is 0 Å². The summed E-state index contributed by atoms with van der Waals surface area (Å²) in [4.78, 5) is 0. The third-order valence-corrected chi connectivity index (χ3v) is 3.30. The number of rotatable bonds is 5. The predicted octanol–water partition coefficient (Wildman–Crippen LogP) is 3.64. The van der Waals surface area contributed by atoms with Gasteiger partial charge >= 0.3 is 0 Å². The summed E-state index contributed by atoms with van der Waals surface area (Å²) in [7, 11) is 0. The van der Waals surface area contributed by atoms with Crippen molar-refractivity contribution in [1.29, 1.82) is 0 Å². The quantitative estimate of drug-likeness (QED) is 0.885. The summed E-state index contributed by atoms with van der Waals surface area (Å²) in [6.45, 7) is 4.79. The second kappa shape index (κ2) is 6.39. The Bertz CT molecular complexity index is 536. The van der Waals surface area contributed by atoms with E-state index < -0.39 is 0 Å². The molecule has 2 N–H and O–H groups in total. The molecule has 2 aromatic rings. The van der Waals surface area contributed by atoms with Crippen LogP contribution in [0.4, 0.5) is 0 Å². The second-order valence-electron chi connectivity index (χ2n) is 4.74. The van der Waals surface area contributed by atoms with Crippen molar-refractivity contribution in [2.75, 3.05) is 6.61 Å². The van der Waals surface area contributed by atoms with Gasteiger partial charge < -0.3 is 10.5 Å². The molecule has 0 aromatic heterocycles. The topological polar surface area (TPSA) is 35.2 Å². The van der Waals surface area contributed by atoms with E-state index in [1.54, 1.807) is 0 Å². The van der Waals surface area contributed by atoms with Crippen LogP contribution in [0.25, 0.3) is 0 Å². The molecule has 0 saturated carbocycles. The van der Waals surface area contributed by atoms with Crippen LogP contribution >= 0.6 is 0 Å². The molecule has 0 aliphatic heterocycles. The van der Waals surface area contributed by atoms with Crippen molar-refractivity contribution in [3.8, 4) is 5.75 Å². The van der Waals surface area contributed by atoms with Crippen LogP contribution in [-0.2, 0) is 6.42 Å². The molecule has 0 saturated heterocycles. The molecule has 2 nitrogen and oxygen atoms in total. The first kappa shape index (κ1) is 13.6. The van der Waals surface area contributed by atoms with Crippen molar-refractivity contribution in [1.82, 2.24) is 0 Å². The first-order valence-electron chi connectivity index (χ1n) is 6.73. The summed E-state index contributed by atoms with van der Waals surface area (Å²) in [5, 5.41) is 0. The Kier molecular flexibility index (Phi) is 4.58. The van der Waals surface area contributed by atoms with Crippen molar-refractivity contribution < 1.29 is 4.74 Å². The normalized spacial score (nSPS) is 12.2. The van der Waals surface area contributed by atoms with Crippen molar-refractivity contribution in [2.24, 2.45) is 5.73 Å². The highest BCUT2D eigenvalue weighted by Gasteiger charge is 2.09. The maximum Gasteiger partial charge on any atom is 0.119 e. The van der Waals surface area contributed by atoms with Gasteiger partial charge in [-0.25, -0.2) is 0 Å². The van der Waals surface area contributed by atoms with Crippen molar-refractivity contribution >= 4 is 0 Å². The Morgan fingerprint density at radius 2 is 1.89 bits per heavy atom. The van der Waals surface area contributed by atoms with Crippen LogP contribution in [0.1, 0.15) is 29.7 Å². The fourth-order valence-corrected chi connectivity index (χ4v) is 2.20. The minimum Gasteiger partial charge on any atom is -0.494 e. The van der Waals surface area contributed by atoms with Gasteiger partial charge in [-0.15, -0.1) is 0 Å². The molecule has 0 fully saturated rings. The van der Waals surface area contributed by atoms with E-state index in [-0.39, 0.29) is 6.04 Å². The number of benzene rings is 2. The Morgan fingerprint density at radius 3 is 2.63 bits per heavy atom. The minimum atomic E-state index is 0.00139. The molecule has 0 heterocycles. The van der Waals surface area contributed by atoms with Crippen LogP contribution in [0.3, 0.4) is 0 Å². The van der Waals surface area contributed by atoms with Gasteiger partial charge in [-0.1, -0.05) is 36.4 Å². The highest BCUT2D eigenvalue weighted by Crippen LogP contribution is 2.22. The summed E-state index contributed by atoms with van der Waals surface area (Å²) in [6, 6.07) is 16.4. The van der Waals surface area contributed by atoms with Crippen LogP contribution in [-0.4, -0.2) is 6.61 Å². The fourth-order valence-electron chi connectivity index (χ4n) is 2.20. The van der Waals surface area contributed by atoms with Crippen molar-refractivity contribution in [2.45, 2.75) is 26.3 Å². The average molecular weight is 255 g/mol. The molecule has 0 aliphatic carbocycles. The number of hydrogen-bond acceptors (Lipinski definition) is 2. The average Bonchev–Trinajstić information content (AvgIpc) is 2.42.